The highest BCUT2D eigenvalue weighted by atomic mass is 16.6. The fourth-order valence-electron chi connectivity index (χ4n) is 1.74. The third-order valence-electron chi connectivity index (χ3n) is 2.58. The summed E-state index contributed by atoms with van der Waals surface area (Å²) in [6.45, 7) is 0.471. The van der Waals surface area contributed by atoms with Crippen molar-refractivity contribution in [3.05, 3.63) is 28.4 Å². The summed E-state index contributed by atoms with van der Waals surface area (Å²) < 4.78 is 0. The smallest absolute Gasteiger partial charge is 0.376 e. The summed E-state index contributed by atoms with van der Waals surface area (Å²) in [5, 5.41) is 16.4. The second-order valence-corrected chi connectivity index (χ2v) is 3.82. The Morgan fingerprint density at radius 3 is 3.12 bits per heavy atom. The van der Waals surface area contributed by atoms with Crippen LogP contribution in [0.25, 0.3) is 0 Å². The molecule has 1 unspecified atom stereocenters. The van der Waals surface area contributed by atoms with E-state index in [0.717, 1.165) is 6.42 Å². The Bertz CT molecular complexity index is 449. The summed E-state index contributed by atoms with van der Waals surface area (Å²) >= 11 is 0. The van der Waals surface area contributed by atoms with Gasteiger partial charge in [0, 0.05) is 19.0 Å². The second kappa shape index (κ2) is 4.77. The maximum absolute atomic E-state index is 11.0. The number of amides is 1. The van der Waals surface area contributed by atoms with Crippen LogP contribution >= 0.6 is 0 Å². The van der Waals surface area contributed by atoms with Gasteiger partial charge >= 0.3 is 5.82 Å². The first kappa shape index (κ1) is 11.3. The van der Waals surface area contributed by atoms with E-state index in [-0.39, 0.29) is 17.8 Å². The van der Waals surface area contributed by atoms with Gasteiger partial charge in [-0.25, -0.2) is 0 Å². The van der Waals surface area contributed by atoms with E-state index in [9.17, 15) is 14.9 Å². The number of aromatic nitrogens is 1. The lowest BCUT2D eigenvalue weighted by Crippen LogP contribution is -2.31. The van der Waals surface area contributed by atoms with E-state index >= 15 is 0 Å². The lowest BCUT2D eigenvalue weighted by Gasteiger charge is -2.11. The number of carbonyl (C=O) groups is 1. The van der Waals surface area contributed by atoms with Gasteiger partial charge in [-0.15, -0.1) is 0 Å². The van der Waals surface area contributed by atoms with E-state index < -0.39 is 4.92 Å². The molecule has 90 valence electrons. The number of nitro groups is 1. The minimum atomic E-state index is -0.532. The molecule has 1 fully saturated rings. The molecule has 1 aromatic rings. The summed E-state index contributed by atoms with van der Waals surface area (Å²) in [4.78, 5) is 24.8. The van der Waals surface area contributed by atoms with Gasteiger partial charge in [-0.05, 0) is 28.5 Å². The Balaban J connectivity index is 1.99. The predicted molar refractivity (Wildman–Crippen MR) is 60.5 cm³/mol. The van der Waals surface area contributed by atoms with Crippen LogP contribution in [0.4, 0.5) is 11.5 Å². The molecule has 0 spiro atoms. The largest absolute Gasteiger partial charge is 0.386 e. The first-order valence-electron chi connectivity index (χ1n) is 5.29. The quantitative estimate of drug-likeness (QED) is 0.591. The van der Waals surface area contributed by atoms with Gasteiger partial charge in [-0.1, -0.05) is 0 Å². The van der Waals surface area contributed by atoms with Gasteiger partial charge in [0.2, 0.25) is 5.91 Å². The summed E-state index contributed by atoms with van der Waals surface area (Å²) in [6.07, 6.45) is 2.64. The van der Waals surface area contributed by atoms with Gasteiger partial charge < -0.3 is 20.7 Å². The Morgan fingerprint density at radius 1 is 1.65 bits per heavy atom. The number of carbonyl (C=O) groups excluding carboxylic acids is 1. The van der Waals surface area contributed by atoms with Crippen molar-refractivity contribution in [1.82, 2.24) is 10.3 Å². The van der Waals surface area contributed by atoms with Crippen LogP contribution in [0.15, 0.2) is 18.3 Å². The standard InChI is InChI=1S/C10H12N4O3/c15-9-4-3-7(13-9)6-12-8-2-1-5-11-10(8)14(16)17/h1-2,5,7,12H,3-4,6H2,(H,13,15). The normalized spacial score (nSPS) is 18.8. The van der Waals surface area contributed by atoms with E-state index in [1.807, 2.05) is 0 Å². The number of rotatable bonds is 4. The first-order chi connectivity index (χ1) is 8.16. The van der Waals surface area contributed by atoms with Crippen LogP contribution in [0.2, 0.25) is 0 Å². The van der Waals surface area contributed by atoms with Gasteiger partial charge in [0.15, 0.2) is 0 Å². The molecule has 0 bridgehead atoms. The molecule has 7 nitrogen and oxygen atoms in total. The molecule has 7 heteroatoms. The van der Waals surface area contributed by atoms with Gasteiger partial charge in [0.25, 0.3) is 0 Å². The molecule has 0 aliphatic carbocycles. The molecule has 2 rings (SSSR count). The molecule has 0 saturated carbocycles. The average Bonchev–Trinajstić information content (AvgIpc) is 2.73. The van der Waals surface area contributed by atoms with E-state index in [0.29, 0.717) is 18.7 Å². The van der Waals surface area contributed by atoms with Crippen LogP contribution in [0.3, 0.4) is 0 Å². The van der Waals surface area contributed by atoms with Crippen molar-refractivity contribution >= 4 is 17.4 Å². The topological polar surface area (TPSA) is 97.2 Å². The number of nitrogens with one attached hydrogen (secondary N) is 2. The zero-order chi connectivity index (χ0) is 12.3. The van der Waals surface area contributed by atoms with Crippen molar-refractivity contribution in [2.45, 2.75) is 18.9 Å². The predicted octanol–water partition coefficient (Wildman–Crippen LogP) is 0.680. The van der Waals surface area contributed by atoms with Crippen LogP contribution in [-0.4, -0.2) is 28.4 Å². The zero-order valence-electron chi connectivity index (χ0n) is 9.05. The summed E-state index contributed by atoms with van der Waals surface area (Å²) in [7, 11) is 0. The molecule has 17 heavy (non-hydrogen) atoms. The molecule has 1 aromatic heterocycles. The third kappa shape index (κ3) is 2.68. The van der Waals surface area contributed by atoms with Gasteiger partial charge in [0.1, 0.15) is 11.9 Å². The van der Waals surface area contributed by atoms with Gasteiger partial charge in [0.05, 0.1) is 0 Å². The van der Waals surface area contributed by atoms with Crippen molar-refractivity contribution in [3.63, 3.8) is 0 Å². The molecule has 2 N–H and O–H groups in total. The molecule has 1 aliphatic rings. The van der Waals surface area contributed by atoms with Crippen molar-refractivity contribution in [2.24, 2.45) is 0 Å². The Labute approximate surface area is 97.4 Å². The number of anilines is 1. The molecular weight excluding hydrogens is 224 g/mol. The number of nitrogens with zero attached hydrogens (tertiary/aromatic N) is 2. The van der Waals surface area contributed by atoms with Crippen molar-refractivity contribution in [1.29, 1.82) is 0 Å². The minimum Gasteiger partial charge on any atom is -0.376 e. The lowest BCUT2D eigenvalue weighted by molar-refractivity contribution is -0.388. The van der Waals surface area contributed by atoms with Crippen LogP contribution in [0, 0.1) is 10.1 Å². The molecule has 0 aromatic carbocycles. The molecule has 1 amide bonds. The molecule has 1 atom stereocenters. The van der Waals surface area contributed by atoms with Crippen molar-refractivity contribution in [3.8, 4) is 0 Å². The lowest BCUT2D eigenvalue weighted by atomic mass is 10.2. The molecule has 1 aliphatic heterocycles. The third-order valence-corrected chi connectivity index (χ3v) is 2.58. The van der Waals surface area contributed by atoms with E-state index in [4.69, 9.17) is 0 Å². The van der Waals surface area contributed by atoms with Crippen LogP contribution < -0.4 is 10.6 Å². The number of hydrogen-bond acceptors (Lipinski definition) is 5. The Hall–Kier alpha value is -2.18. The van der Waals surface area contributed by atoms with E-state index in [1.54, 1.807) is 12.1 Å². The van der Waals surface area contributed by atoms with Crippen molar-refractivity contribution in [2.75, 3.05) is 11.9 Å². The highest BCUT2D eigenvalue weighted by Crippen LogP contribution is 2.20. The van der Waals surface area contributed by atoms with Crippen LogP contribution in [-0.2, 0) is 4.79 Å². The fourth-order valence-corrected chi connectivity index (χ4v) is 1.74. The zero-order valence-corrected chi connectivity index (χ0v) is 9.05. The van der Waals surface area contributed by atoms with E-state index in [2.05, 4.69) is 15.6 Å². The first-order valence-corrected chi connectivity index (χ1v) is 5.29. The second-order valence-electron chi connectivity index (χ2n) is 3.82. The van der Waals surface area contributed by atoms with Crippen LogP contribution in [0.5, 0.6) is 0 Å². The molecular formula is C10H12N4O3. The maximum atomic E-state index is 11.0. The summed E-state index contributed by atoms with van der Waals surface area (Å²) in [6, 6.07) is 3.26. The average molecular weight is 236 g/mol. The highest BCUT2D eigenvalue weighted by molar-refractivity contribution is 5.78. The fraction of sp³-hybridized carbons (Fsp3) is 0.400. The van der Waals surface area contributed by atoms with Gasteiger partial charge in [-0.2, -0.15) is 0 Å². The summed E-state index contributed by atoms with van der Waals surface area (Å²) in [5.41, 5.74) is 0.374. The minimum absolute atomic E-state index is 0.0255. The summed E-state index contributed by atoms with van der Waals surface area (Å²) in [5.74, 6) is -0.172. The Morgan fingerprint density at radius 2 is 2.47 bits per heavy atom. The number of hydrogen-bond donors (Lipinski definition) is 2. The van der Waals surface area contributed by atoms with Crippen molar-refractivity contribution < 1.29 is 9.72 Å². The highest BCUT2D eigenvalue weighted by Gasteiger charge is 2.21. The van der Waals surface area contributed by atoms with Crippen LogP contribution in [0.1, 0.15) is 12.8 Å². The molecule has 2 heterocycles. The Kier molecular flexibility index (Phi) is 3.17. The molecule has 1 saturated heterocycles. The monoisotopic (exact) mass is 236 g/mol. The SMILES string of the molecule is O=C1CCC(CNc2cccnc2[N+](=O)[O-])N1. The number of pyridine rings is 1. The molecule has 0 radical (unpaired) electrons. The van der Waals surface area contributed by atoms with E-state index in [1.165, 1.54) is 6.20 Å². The maximum Gasteiger partial charge on any atom is 0.386 e. The van der Waals surface area contributed by atoms with Gasteiger partial charge in [-0.3, -0.25) is 4.79 Å².